The lowest BCUT2D eigenvalue weighted by atomic mass is 9.97. The second-order valence-corrected chi connectivity index (χ2v) is 3.42. The van der Waals surface area contributed by atoms with Gasteiger partial charge in [-0.3, -0.25) is 0 Å². The van der Waals surface area contributed by atoms with Crippen LogP contribution in [0.3, 0.4) is 0 Å². The molecular formula is C10H5NO7. The zero-order valence-corrected chi connectivity index (χ0v) is 8.59. The van der Waals surface area contributed by atoms with Gasteiger partial charge in [-0.05, 0) is 6.07 Å². The Labute approximate surface area is 98.6 Å². The first-order valence-corrected chi connectivity index (χ1v) is 4.54. The molecular weight excluding hydrogens is 246 g/mol. The quantitative estimate of drug-likeness (QED) is 0.377. The number of carbonyl (C=O) groups is 4. The van der Waals surface area contributed by atoms with Crippen LogP contribution in [0.25, 0.3) is 0 Å². The Hall–Kier alpha value is -2.90. The van der Waals surface area contributed by atoms with Crippen molar-refractivity contribution in [3.8, 4) is 0 Å². The molecule has 0 saturated heterocycles. The summed E-state index contributed by atoms with van der Waals surface area (Å²) in [5.74, 6) is -5.33. The molecule has 2 rings (SSSR count). The Morgan fingerprint density at radius 3 is 2.22 bits per heavy atom. The molecule has 0 fully saturated rings. The van der Waals surface area contributed by atoms with E-state index in [1.165, 1.54) is 0 Å². The molecule has 0 unspecified atom stereocenters. The van der Waals surface area contributed by atoms with Gasteiger partial charge in [0.2, 0.25) is 0 Å². The van der Waals surface area contributed by atoms with Crippen LogP contribution in [0.2, 0.25) is 0 Å². The molecule has 0 saturated carbocycles. The summed E-state index contributed by atoms with van der Waals surface area (Å²) < 4.78 is 4.24. The van der Waals surface area contributed by atoms with Gasteiger partial charge in [-0.15, -0.1) is 0 Å². The van der Waals surface area contributed by atoms with E-state index in [9.17, 15) is 19.2 Å². The van der Waals surface area contributed by atoms with E-state index in [1.807, 2.05) is 0 Å². The molecule has 8 heteroatoms. The first kappa shape index (κ1) is 11.6. The largest absolute Gasteiger partial charge is 0.478 e. The summed E-state index contributed by atoms with van der Waals surface area (Å²) in [4.78, 5) is 44.4. The van der Waals surface area contributed by atoms with E-state index < -0.39 is 46.3 Å². The van der Waals surface area contributed by atoms with Gasteiger partial charge in [-0.25, -0.2) is 19.2 Å². The van der Waals surface area contributed by atoms with Crippen molar-refractivity contribution in [2.75, 3.05) is 5.73 Å². The molecule has 92 valence electrons. The van der Waals surface area contributed by atoms with Crippen LogP contribution in [-0.2, 0) is 4.74 Å². The summed E-state index contributed by atoms with van der Waals surface area (Å²) in [5.41, 5.74) is 2.66. The molecule has 0 aromatic heterocycles. The van der Waals surface area contributed by atoms with Crippen molar-refractivity contribution in [2.45, 2.75) is 0 Å². The monoisotopic (exact) mass is 251 g/mol. The molecule has 0 radical (unpaired) electrons. The van der Waals surface area contributed by atoms with Crippen molar-refractivity contribution >= 4 is 29.6 Å². The minimum Gasteiger partial charge on any atom is -0.478 e. The van der Waals surface area contributed by atoms with Gasteiger partial charge in [0.25, 0.3) is 0 Å². The van der Waals surface area contributed by atoms with Gasteiger partial charge >= 0.3 is 23.9 Å². The molecule has 1 aliphatic rings. The summed E-state index contributed by atoms with van der Waals surface area (Å²) in [7, 11) is 0. The topological polar surface area (TPSA) is 144 Å². The number of rotatable bonds is 2. The van der Waals surface area contributed by atoms with E-state index in [-0.39, 0.29) is 5.56 Å². The molecule has 1 heterocycles. The lowest BCUT2D eigenvalue weighted by Crippen LogP contribution is -2.15. The van der Waals surface area contributed by atoms with E-state index in [1.54, 1.807) is 0 Å². The lowest BCUT2D eigenvalue weighted by Gasteiger charge is -2.07. The van der Waals surface area contributed by atoms with Gasteiger partial charge in [-0.2, -0.15) is 0 Å². The first-order valence-electron chi connectivity index (χ1n) is 4.54. The number of anilines is 1. The van der Waals surface area contributed by atoms with E-state index in [4.69, 9.17) is 15.9 Å². The molecule has 4 N–H and O–H groups in total. The molecule has 1 aliphatic heterocycles. The van der Waals surface area contributed by atoms with Crippen LogP contribution >= 0.6 is 0 Å². The number of aromatic carboxylic acids is 2. The fourth-order valence-corrected chi connectivity index (χ4v) is 1.67. The number of benzene rings is 1. The number of fused-ring (bicyclic) bond motifs is 1. The normalized spacial score (nSPS) is 13.1. The van der Waals surface area contributed by atoms with Gasteiger partial charge < -0.3 is 20.7 Å². The summed E-state index contributed by atoms with van der Waals surface area (Å²) in [5, 5.41) is 17.8. The number of carbonyl (C=O) groups excluding carboxylic acids is 2. The minimum absolute atomic E-state index is 0.347. The standard InChI is InChI=1S/C10H5NO7/c11-6-4(8(14)15)2(7(12)13)1-3-5(6)10(17)18-9(3)16/h1H,11H2,(H,12,13)(H,14,15). The fraction of sp³-hybridized carbons (Fsp3) is 0. The van der Waals surface area contributed by atoms with Crippen molar-refractivity contribution < 1.29 is 34.1 Å². The Kier molecular flexibility index (Phi) is 2.29. The van der Waals surface area contributed by atoms with Crippen LogP contribution in [-0.4, -0.2) is 34.1 Å². The van der Waals surface area contributed by atoms with Crippen LogP contribution in [0.5, 0.6) is 0 Å². The van der Waals surface area contributed by atoms with Crippen LogP contribution in [0.4, 0.5) is 5.69 Å². The van der Waals surface area contributed by atoms with Gasteiger partial charge in [0.15, 0.2) is 0 Å². The van der Waals surface area contributed by atoms with Crippen molar-refractivity contribution in [1.82, 2.24) is 0 Å². The van der Waals surface area contributed by atoms with Crippen molar-refractivity contribution in [1.29, 1.82) is 0 Å². The zero-order chi connectivity index (χ0) is 13.6. The van der Waals surface area contributed by atoms with Crippen molar-refractivity contribution in [3.63, 3.8) is 0 Å². The maximum absolute atomic E-state index is 11.3. The number of hydrogen-bond acceptors (Lipinski definition) is 6. The number of esters is 2. The van der Waals surface area contributed by atoms with Crippen molar-refractivity contribution in [2.24, 2.45) is 0 Å². The van der Waals surface area contributed by atoms with Crippen molar-refractivity contribution in [3.05, 3.63) is 28.3 Å². The Morgan fingerprint density at radius 1 is 1.11 bits per heavy atom. The predicted molar refractivity (Wildman–Crippen MR) is 54.5 cm³/mol. The Morgan fingerprint density at radius 2 is 1.72 bits per heavy atom. The fourth-order valence-electron chi connectivity index (χ4n) is 1.67. The molecule has 1 aromatic rings. The molecule has 0 bridgehead atoms. The zero-order valence-electron chi connectivity index (χ0n) is 8.59. The van der Waals surface area contributed by atoms with E-state index in [0.717, 1.165) is 6.07 Å². The van der Waals surface area contributed by atoms with E-state index in [0.29, 0.717) is 0 Å². The van der Waals surface area contributed by atoms with Crippen LogP contribution in [0.15, 0.2) is 6.07 Å². The molecule has 8 nitrogen and oxygen atoms in total. The van der Waals surface area contributed by atoms with Gasteiger partial charge in [0, 0.05) is 0 Å². The first-order chi connectivity index (χ1) is 8.34. The maximum Gasteiger partial charge on any atom is 0.349 e. The van der Waals surface area contributed by atoms with Crippen LogP contribution in [0, 0.1) is 0 Å². The average Bonchev–Trinajstić information content (AvgIpc) is 2.53. The third kappa shape index (κ3) is 1.39. The lowest BCUT2D eigenvalue weighted by molar-refractivity contribution is 0.0443. The second-order valence-electron chi connectivity index (χ2n) is 3.42. The highest BCUT2D eigenvalue weighted by Gasteiger charge is 2.37. The Balaban J connectivity index is 2.89. The summed E-state index contributed by atoms with van der Waals surface area (Å²) >= 11 is 0. The molecule has 1 aromatic carbocycles. The molecule has 0 spiro atoms. The smallest absolute Gasteiger partial charge is 0.349 e. The summed E-state index contributed by atoms with van der Waals surface area (Å²) in [6, 6.07) is 0.769. The number of carboxylic acid groups (broad SMARTS) is 2. The molecule has 0 aliphatic carbocycles. The molecule has 18 heavy (non-hydrogen) atoms. The average molecular weight is 251 g/mol. The molecule has 0 amide bonds. The third-order valence-corrected chi connectivity index (χ3v) is 2.42. The number of cyclic esters (lactones) is 2. The molecule has 0 atom stereocenters. The minimum atomic E-state index is -1.61. The van der Waals surface area contributed by atoms with E-state index in [2.05, 4.69) is 4.74 Å². The number of nitrogen functional groups attached to an aromatic ring is 1. The predicted octanol–water partition coefficient (Wildman–Crippen LogP) is -0.0242. The highest BCUT2D eigenvalue weighted by molar-refractivity contribution is 6.21. The second kappa shape index (κ2) is 3.55. The summed E-state index contributed by atoms with van der Waals surface area (Å²) in [6.45, 7) is 0. The summed E-state index contributed by atoms with van der Waals surface area (Å²) in [6.07, 6.45) is 0. The van der Waals surface area contributed by atoms with Crippen LogP contribution < -0.4 is 5.73 Å². The maximum atomic E-state index is 11.3. The number of carboxylic acids is 2. The number of nitrogens with two attached hydrogens (primary N) is 1. The Bertz CT molecular complexity index is 632. The highest BCUT2D eigenvalue weighted by atomic mass is 16.6. The third-order valence-electron chi connectivity index (χ3n) is 2.42. The number of hydrogen-bond donors (Lipinski definition) is 3. The van der Waals surface area contributed by atoms with E-state index >= 15 is 0 Å². The van der Waals surface area contributed by atoms with Gasteiger partial charge in [0.05, 0.1) is 27.9 Å². The van der Waals surface area contributed by atoms with Gasteiger partial charge in [0.1, 0.15) is 0 Å². The highest BCUT2D eigenvalue weighted by Crippen LogP contribution is 2.31. The van der Waals surface area contributed by atoms with Crippen LogP contribution in [0.1, 0.15) is 41.4 Å². The number of ether oxygens (including phenoxy) is 1. The van der Waals surface area contributed by atoms with Gasteiger partial charge in [-0.1, -0.05) is 0 Å². The SMILES string of the molecule is Nc1c(C(=O)O)c(C(=O)O)cc2c1C(=O)OC2=O.